The Hall–Kier alpha value is -2.70. The van der Waals surface area contributed by atoms with E-state index in [9.17, 15) is 8.78 Å². The lowest BCUT2D eigenvalue weighted by Gasteiger charge is -2.11. The van der Waals surface area contributed by atoms with Crippen molar-refractivity contribution in [2.24, 2.45) is 0 Å². The summed E-state index contributed by atoms with van der Waals surface area (Å²) in [4.78, 5) is 4.74. The number of halogens is 2. The molecule has 3 heterocycles. The van der Waals surface area contributed by atoms with Gasteiger partial charge in [0.25, 0.3) is 6.43 Å². The molecule has 0 bridgehead atoms. The van der Waals surface area contributed by atoms with Crippen LogP contribution in [-0.2, 0) is 26.1 Å². The Balaban J connectivity index is 1.38. The molecule has 2 aromatic heterocycles. The highest BCUT2D eigenvalue weighted by Crippen LogP contribution is 2.24. The van der Waals surface area contributed by atoms with E-state index in [4.69, 9.17) is 4.98 Å². The first-order chi connectivity index (χ1) is 12.7. The quantitative estimate of drug-likeness (QED) is 0.726. The Bertz CT molecular complexity index is 843. The normalized spacial score (nSPS) is 13.8. The van der Waals surface area contributed by atoms with Crippen molar-refractivity contribution in [3.05, 3.63) is 54.2 Å². The number of nitrogens with one attached hydrogen (secondary N) is 1. The first-order valence-electron chi connectivity index (χ1n) is 8.87. The number of nitrogens with zero attached hydrogens (tertiary/aromatic N) is 4. The van der Waals surface area contributed by atoms with Crippen LogP contribution in [0, 0.1) is 0 Å². The lowest BCUT2D eigenvalue weighted by atomic mass is 10.1. The monoisotopic (exact) mass is 357 g/mol. The topological polar surface area (TPSA) is 47.7 Å². The number of rotatable bonds is 6. The number of imidazole rings is 1. The molecule has 0 radical (unpaired) electrons. The zero-order valence-electron chi connectivity index (χ0n) is 14.4. The van der Waals surface area contributed by atoms with Crippen LogP contribution in [0.25, 0.3) is 11.3 Å². The molecule has 1 aromatic carbocycles. The van der Waals surface area contributed by atoms with Gasteiger partial charge in [0.1, 0.15) is 12.4 Å². The van der Waals surface area contributed by atoms with Gasteiger partial charge in [-0.1, -0.05) is 12.1 Å². The highest BCUT2D eigenvalue weighted by Gasteiger charge is 2.13. The van der Waals surface area contributed by atoms with Crippen molar-refractivity contribution in [1.29, 1.82) is 0 Å². The number of fused-ring (bicyclic) bond motifs is 1. The van der Waals surface area contributed by atoms with E-state index in [0.29, 0.717) is 6.54 Å². The molecule has 0 fully saturated rings. The maximum atomic E-state index is 12.4. The van der Waals surface area contributed by atoms with Crippen LogP contribution in [0.2, 0.25) is 0 Å². The van der Waals surface area contributed by atoms with Crippen LogP contribution in [0.4, 0.5) is 14.5 Å². The lowest BCUT2D eigenvalue weighted by Crippen LogP contribution is -2.08. The van der Waals surface area contributed by atoms with Crippen LogP contribution in [0.3, 0.4) is 0 Å². The number of hydrogen-bond donors (Lipinski definition) is 1. The summed E-state index contributed by atoms with van der Waals surface area (Å²) in [5, 5.41) is 7.23. The summed E-state index contributed by atoms with van der Waals surface area (Å²) in [6.07, 6.45) is 6.49. The Morgan fingerprint density at radius 1 is 1.12 bits per heavy atom. The summed E-state index contributed by atoms with van der Waals surface area (Å²) >= 11 is 0. The zero-order valence-corrected chi connectivity index (χ0v) is 14.4. The van der Waals surface area contributed by atoms with Gasteiger partial charge in [-0.15, -0.1) is 0 Å². The van der Waals surface area contributed by atoms with Crippen LogP contribution in [0.5, 0.6) is 0 Å². The zero-order chi connectivity index (χ0) is 17.9. The fourth-order valence-electron chi connectivity index (χ4n) is 3.25. The Labute approximate surface area is 150 Å². The van der Waals surface area contributed by atoms with E-state index >= 15 is 0 Å². The molecule has 0 amide bonds. The van der Waals surface area contributed by atoms with Crippen molar-refractivity contribution in [3.63, 3.8) is 0 Å². The van der Waals surface area contributed by atoms with Gasteiger partial charge < -0.3 is 9.88 Å². The summed E-state index contributed by atoms with van der Waals surface area (Å²) in [5.74, 6) is 1.18. The number of anilines is 1. The summed E-state index contributed by atoms with van der Waals surface area (Å²) in [6.45, 7) is 1.23. The first kappa shape index (κ1) is 16.8. The van der Waals surface area contributed by atoms with Gasteiger partial charge in [-0.3, -0.25) is 4.68 Å². The SMILES string of the molecule is FC(F)Cn1cc(CNc2ccc(-c3cn4c(n3)CCCC4)cc2)cn1. The smallest absolute Gasteiger partial charge is 0.257 e. The van der Waals surface area contributed by atoms with Gasteiger partial charge in [-0.25, -0.2) is 13.8 Å². The Morgan fingerprint density at radius 3 is 2.73 bits per heavy atom. The molecule has 4 rings (SSSR count). The molecule has 0 aliphatic carbocycles. The second-order valence-corrected chi connectivity index (χ2v) is 6.59. The molecule has 5 nitrogen and oxygen atoms in total. The average molecular weight is 357 g/mol. The van der Waals surface area contributed by atoms with Crippen molar-refractivity contribution < 1.29 is 8.78 Å². The molecule has 0 saturated carbocycles. The van der Waals surface area contributed by atoms with Crippen molar-refractivity contribution in [3.8, 4) is 11.3 Å². The first-order valence-corrected chi connectivity index (χ1v) is 8.87. The number of aryl methyl sites for hydroxylation is 2. The van der Waals surface area contributed by atoms with Crippen LogP contribution in [-0.4, -0.2) is 25.8 Å². The second-order valence-electron chi connectivity index (χ2n) is 6.59. The largest absolute Gasteiger partial charge is 0.381 e. The molecule has 1 aliphatic heterocycles. The standard InChI is InChI=1S/C19H21F2N5/c20-18(21)13-26-11-14(10-23-26)9-22-16-6-4-15(5-7-16)17-12-25-8-2-1-3-19(25)24-17/h4-7,10-12,18,22H,1-3,8-9,13H2. The molecular formula is C19H21F2N5. The van der Waals surface area contributed by atoms with E-state index in [1.807, 2.05) is 12.1 Å². The van der Waals surface area contributed by atoms with Crippen LogP contribution in [0.15, 0.2) is 42.9 Å². The van der Waals surface area contributed by atoms with E-state index in [1.54, 1.807) is 12.4 Å². The minimum absolute atomic E-state index is 0.372. The van der Waals surface area contributed by atoms with Gasteiger partial charge in [-0.2, -0.15) is 5.10 Å². The van der Waals surface area contributed by atoms with Crippen LogP contribution >= 0.6 is 0 Å². The number of hydrogen-bond acceptors (Lipinski definition) is 3. The summed E-state index contributed by atoms with van der Waals surface area (Å²) in [6, 6.07) is 8.13. The number of benzene rings is 1. The molecule has 0 saturated heterocycles. The Morgan fingerprint density at radius 2 is 1.96 bits per heavy atom. The Kier molecular flexibility index (Phi) is 4.69. The third-order valence-electron chi connectivity index (χ3n) is 4.60. The van der Waals surface area contributed by atoms with Gasteiger partial charge >= 0.3 is 0 Å². The molecule has 3 aromatic rings. The maximum Gasteiger partial charge on any atom is 0.257 e. The van der Waals surface area contributed by atoms with Crippen molar-refractivity contribution in [1.82, 2.24) is 19.3 Å². The molecule has 0 atom stereocenters. The molecule has 136 valence electrons. The van der Waals surface area contributed by atoms with E-state index < -0.39 is 6.43 Å². The molecule has 26 heavy (non-hydrogen) atoms. The third-order valence-corrected chi connectivity index (χ3v) is 4.60. The minimum Gasteiger partial charge on any atom is -0.381 e. The summed E-state index contributed by atoms with van der Waals surface area (Å²) in [5.41, 5.74) is 3.96. The predicted molar refractivity (Wildman–Crippen MR) is 96.2 cm³/mol. The third kappa shape index (κ3) is 3.76. The molecule has 0 spiro atoms. The molecular weight excluding hydrogens is 336 g/mol. The van der Waals surface area contributed by atoms with Crippen molar-refractivity contribution in [2.75, 3.05) is 5.32 Å². The van der Waals surface area contributed by atoms with Crippen molar-refractivity contribution >= 4 is 5.69 Å². The predicted octanol–water partition coefficient (Wildman–Crippen LogP) is 3.96. The lowest BCUT2D eigenvalue weighted by molar-refractivity contribution is 0.122. The van der Waals surface area contributed by atoms with E-state index in [0.717, 1.165) is 35.5 Å². The molecule has 0 unspecified atom stereocenters. The minimum atomic E-state index is -2.39. The average Bonchev–Trinajstić information content (AvgIpc) is 3.26. The van der Waals surface area contributed by atoms with Gasteiger partial charge in [-0.05, 0) is 25.0 Å². The highest BCUT2D eigenvalue weighted by molar-refractivity contribution is 5.62. The van der Waals surface area contributed by atoms with Gasteiger partial charge in [0.2, 0.25) is 0 Å². The molecule has 1 N–H and O–H groups in total. The second kappa shape index (κ2) is 7.27. The van der Waals surface area contributed by atoms with Crippen LogP contribution < -0.4 is 5.32 Å². The van der Waals surface area contributed by atoms with Gasteiger partial charge in [0.15, 0.2) is 0 Å². The van der Waals surface area contributed by atoms with E-state index in [2.05, 4.69) is 33.3 Å². The van der Waals surface area contributed by atoms with Gasteiger partial charge in [0, 0.05) is 48.7 Å². The number of alkyl halides is 2. The fraction of sp³-hybridized carbons (Fsp3) is 0.368. The highest BCUT2D eigenvalue weighted by atomic mass is 19.3. The van der Waals surface area contributed by atoms with E-state index in [-0.39, 0.29) is 6.54 Å². The fourth-order valence-corrected chi connectivity index (χ4v) is 3.25. The van der Waals surface area contributed by atoms with Gasteiger partial charge in [0.05, 0.1) is 11.9 Å². The number of aromatic nitrogens is 4. The van der Waals surface area contributed by atoms with Crippen molar-refractivity contribution in [2.45, 2.75) is 45.3 Å². The molecule has 7 heteroatoms. The maximum absolute atomic E-state index is 12.4. The van der Waals surface area contributed by atoms with E-state index in [1.165, 1.54) is 23.3 Å². The van der Waals surface area contributed by atoms with Crippen LogP contribution in [0.1, 0.15) is 24.2 Å². The summed E-state index contributed by atoms with van der Waals surface area (Å²) < 4.78 is 28.2. The summed E-state index contributed by atoms with van der Waals surface area (Å²) in [7, 11) is 0. The molecule has 1 aliphatic rings.